The van der Waals surface area contributed by atoms with Gasteiger partial charge in [-0.05, 0) is 19.1 Å². The van der Waals surface area contributed by atoms with Crippen LogP contribution in [0, 0.1) is 0 Å². The van der Waals surface area contributed by atoms with Crippen LogP contribution in [0.4, 0.5) is 16.2 Å². The van der Waals surface area contributed by atoms with E-state index in [4.69, 9.17) is 4.74 Å². The molecule has 1 aliphatic heterocycles. The second kappa shape index (κ2) is 5.16. The molecule has 5 nitrogen and oxygen atoms in total. The van der Waals surface area contributed by atoms with Gasteiger partial charge in [0, 0.05) is 32.4 Å². The molecule has 0 saturated heterocycles. The van der Waals surface area contributed by atoms with Crippen molar-refractivity contribution >= 4 is 17.4 Å². The molecule has 18 heavy (non-hydrogen) atoms. The van der Waals surface area contributed by atoms with Gasteiger partial charge in [0.1, 0.15) is 12.4 Å². The molecule has 0 radical (unpaired) electrons. The molecule has 5 heteroatoms. The summed E-state index contributed by atoms with van der Waals surface area (Å²) in [6, 6.07) is 5.80. The van der Waals surface area contributed by atoms with E-state index in [-0.39, 0.29) is 6.03 Å². The first-order valence-electron chi connectivity index (χ1n) is 6.13. The second-order valence-corrected chi connectivity index (χ2v) is 4.38. The smallest absolute Gasteiger partial charge is 0.322 e. The fourth-order valence-electron chi connectivity index (χ4n) is 1.94. The van der Waals surface area contributed by atoms with Crippen molar-refractivity contribution in [3.05, 3.63) is 18.2 Å². The van der Waals surface area contributed by atoms with Crippen molar-refractivity contribution in [3.8, 4) is 5.75 Å². The molecule has 2 amide bonds. The molecule has 0 spiro atoms. The fourth-order valence-corrected chi connectivity index (χ4v) is 1.94. The number of fused-ring (bicyclic) bond motifs is 1. The van der Waals surface area contributed by atoms with Crippen LogP contribution in [0.5, 0.6) is 5.75 Å². The fraction of sp³-hybridized carbons (Fsp3) is 0.462. The predicted molar refractivity (Wildman–Crippen MR) is 72.7 cm³/mol. The Hall–Kier alpha value is -1.91. The number of rotatable bonds is 2. The highest BCUT2D eigenvalue weighted by molar-refractivity contribution is 5.94. The summed E-state index contributed by atoms with van der Waals surface area (Å²) in [4.78, 5) is 15.7. The van der Waals surface area contributed by atoms with Crippen LogP contribution in [0.15, 0.2) is 18.2 Å². The molecule has 2 rings (SSSR count). The Morgan fingerprint density at radius 1 is 1.50 bits per heavy atom. The highest BCUT2D eigenvalue weighted by Gasteiger charge is 2.23. The normalized spacial score (nSPS) is 13.6. The Morgan fingerprint density at radius 3 is 2.94 bits per heavy atom. The zero-order valence-corrected chi connectivity index (χ0v) is 11.1. The Bertz CT molecular complexity index is 446. The van der Waals surface area contributed by atoms with Gasteiger partial charge in [0.15, 0.2) is 0 Å². The van der Waals surface area contributed by atoms with Crippen molar-refractivity contribution in [2.75, 3.05) is 43.6 Å². The van der Waals surface area contributed by atoms with Gasteiger partial charge in [-0.1, -0.05) is 0 Å². The third-order valence-electron chi connectivity index (χ3n) is 2.90. The number of carbonyl (C=O) groups is 1. The number of hydrogen-bond donors (Lipinski definition) is 1. The number of nitrogens with one attached hydrogen (secondary N) is 1. The largest absolute Gasteiger partial charge is 0.489 e. The quantitative estimate of drug-likeness (QED) is 0.867. The molecule has 1 aliphatic rings. The molecule has 0 aromatic heterocycles. The van der Waals surface area contributed by atoms with E-state index in [0.717, 1.165) is 17.1 Å². The number of urea groups is 1. The lowest BCUT2D eigenvalue weighted by Crippen LogP contribution is -2.44. The zero-order chi connectivity index (χ0) is 13.1. The molecule has 1 heterocycles. The Morgan fingerprint density at radius 2 is 2.28 bits per heavy atom. The van der Waals surface area contributed by atoms with Crippen LogP contribution >= 0.6 is 0 Å². The minimum absolute atomic E-state index is 0.0698. The van der Waals surface area contributed by atoms with E-state index in [1.807, 2.05) is 44.1 Å². The molecule has 0 bridgehead atoms. The van der Waals surface area contributed by atoms with E-state index < -0.39 is 0 Å². The van der Waals surface area contributed by atoms with Crippen LogP contribution in [0.1, 0.15) is 6.92 Å². The Balaban J connectivity index is 2.30. The standard InChI is InChI=1S/C13H19N3O2/c1-4-14-13(17)16-7-8-18-12-9-10(15(2)3)5-6-11(12)16/h5-6,9H,4,7-8H2,1-3H3,(H,14,17). The first-order chi connectivity index (χ1) is 8.63. The van der Waals surface area contributed by atoms with Gasteiger partial charge < -0.3 is 15.0 Å². The molecule has 0 atom stereocenters. The topological polar surface area (TPSA) is 44.8 Å². The highest BCUT2D eigenvalue weighted by atomic mass is 16.5. The molecule has 0 fully saturated rings. The van der Waals surface area contributed by atoms with Crippen molar-refractivity contribution in [2.45, 2.75) is 6.92 Å². The van der Waals surface area contributed by atoms with E-state index in [1.54, 1.807) is 4.90 Å². The van der Waals surface area contributed by atoms with Crippen molar-refractivity contribution in [1.29, 1.82) is 0 Å². The molecule has 1 aromatic rings. The van der Waals surface area contributed by atoms with Crippen LogP contribution in [0.3, 0.4) is 0 Å². The van der Waals surface area contributed by atoms with Crippen LogP contribution in [0.25, 0.3) is 0 Å². The molecule has 98 valence electrons. The van der Waals surface area contributed by atoms with Crippen LogP contribution in [0.2, 0.25) is 0 Å². The molecule has 1 N–H and O–H groups in total. The summed E-state index contributed by atoms with van der Waals surface area (Å²) in [5, 5.41) is 2.81. The number of nitrogens with zero attached hydrogens (tertiary/aromatic N) is 2. The third kappa shape index (κ3) is 2.34. The monoisotopic (exact) mass is 249 g/mol. The van der Waals surface area contributed by atoms with E-state index >= 15 is 0 Å². The maximum atomic E-state index is 11.9. The van der Waals surface area contributed by atoms with Crippen molar-refractivity contribution in [2.24, 2.45) is 0 Å². The Kier molecular flexibility index (Phi) is 3.60. The van der Waals surface area contributed by atoms with E-state index in [1.165, 1.54) is 0 Å². The number of hydrogen-bond acceptors (Lipinski definition) is 3. The zero-order valence-electron chi connectivity index (χ0n) is 11.1. The van der Waals surface area contributed by atoms with Crippen molar-refractivity contribution in [3.63, 3.8) is 0 Å². The summed E-state index contributed by atoms with van der Waals surface area (Å²) in [7, 11) is 3.96. The van der Waals surface area contributed by atoms with Crippen LogP contribution in [-0.4, -0.2) is 39.8 Å². The first-order valence-corrected chi connectivity index (χ1v) is 6.13. The average molecular weight is 249 g/mol. The molecule has 0 aliphatic carbocycles. The van der Waals surface area contributed by atoms with Crippen molar-refractivity contribution < 1.29 is 9.53 Å². The van der Waals surface area contributed by atoms with Gasteiger partial charge >= 0.3 is 6.03 Å². The van der Waals surface area contributed by atoms with Gasteiger partial charge in [-0.25, -0.2) is 4.79 Å². The molecule has 0 saturated carbocycles. The summed E-state index contributed by atoms with van der Waals surface area (Å²) in [5.41, 5.74) is 1.89. The summed E-state index contributed by atoms with van der Waals surface area (Å²) in [5.74, 6) is 0.763. The number of amides is 2. The minimum atomic E-state index is -0.0698. The van der Waals surface area contributed by atoms with Gasteiger partial charge in [-0.3, -0.25) is 4.90 Å². The molecular formula is C13H19N3O2. The van der Waals surface area contributed by atoms with Crippen LogP contribution < -0.4 is 19.9 Å². The maximum Gasteiger partial charge on any atom is 0.322 e. The lowest BCUT2D eigenvalue weighted by molar-refractivity contribution is 0.240. The van der Waals surface area contributed by atoms with Crippen molar-refractivity contribution in [1.82, 2.24) is 5.32 Å². The van der Waals surface area contributed by atoms with Gasteiger partial charge in [-0.15, -0.1) is 0 Å². The van der Waals surface area contributed by atoms with E-state index in [0.29, 0.717) is 19.7 Å². The number of anilines is 2. The first kappa shape index (κ1) is 12.5. The summed E-state index contributed by atoms with van der Waals surface area (Å²) in [6.45, 7) is 3.65. The highest BCUT2D eigenvalue weighted by Crippen LogP contribution is 2.34. The Labute approximate surface area is 107 Å². The lowest BCUT2D eigenvalue weighted by Gasteiger charge is -2.30. The molecule has 1 aromatic carbocycles. The van der Waals surface area contributed by atoms with E-state index in [9.17, 15) is 4.79 Å². The average Bonchev–Trinajstić information content (AvgIpc) is 2.37. The van der Waals surface area contributed by atoms with Crippen LogP contribution in [-0.2, 0) is 0 Å². The summed E-state index contributed by atoms with van der Waals surface area (Å²) < 4.78 is 5.62. The molecule has 0 unspecified atom stereocenters. The number of carbonyl (C=O) groups excluding carboxylic acids is 1. The van der Waals surface area contributed by atoms with Gasteiger partial charge in [0.25, 0.3) is 0 Å². The van der Waals surface area contributed by atoms with Gasteiger partial charge in [0.2, 0.25) is 0 Å². The maximum absolute atomic E-state index is 11.9. The van der Waals surface area contributed by atoms with Gasteiger partial charge in [0.05, 0.1) is 12.2 Å². The molecular weight excluding hydrogens is 230 g/mol. The SMILES string of the molecule is CCNC(=O)N1CCOc2cc(N(C)C)ccc21. The third-order valence-corrected chi connectivity index (χ3v) is 2.90. The summed E-state index contributed by atoms with van der Waals surface area (Å²) >= 11 is 0. The summed E-state index contributed by atoms with van der Waals surface area (Å²) in [6.07, 6.45) is 0. The lowest BCUT2D eigenvalue weighted by atomic mass is 10.2. The predicted octanol–water partition coefficient (Wildman–Crippen LogP) is 1.68. The second-order valence-electron chi connectivity index (χ2n) is 4.38. The van der Waals surface area contributed by atoms with Gasteiger partial charge in [-0.2, -0.15) is 0 Å². The minimum Gasteiger partial charge on any atom is -0.489 e. The van der Waals surface area contributed by atoms with E-state index in [2.05, 4.69) is 5.32 Å². The number of benzene rings is 1. The number of ether oxygens (including phenoxy) is 1.